The van der Waals surface area contributed by atoms with Crippen molar-refractivity contribution in [1.82, 2.24) is 25.9 Å². The van der Waals surface area contributed by atoms with E-state index in [-0.39, 0.29) is 18.7 Å². The molecule has 10 heteroatoms. The van der Waals surface area contributed by atoms with Gasteiger partial charge in [-0.1, -0.05) is 12.1 Å². The van der Waals surface area contributed by atoms with Crippen LogP contribution in [0.2, 0.25) is 0 Å². The summed E-state index contributed by atoms with van der Waals surface area (Å²) in [5.41, 5.74) is 2.28. The number of urea groups is 1. The van der Waals surface area contributed by atoms with Gasteiger partial charge in [-0.3, -0.25) is 15.0 Å². The van der Waals surface area contributed by atoms with Crippen molar-refractivity contribution in [3.8, 4) is 17.1 Å². The van der Waals surface area contributed by atoms with Crippen LogP contribution in [0.15, 0.2) is 28.8 Å². The molecule has 4 rings (SSSR count). The van der Waals surface area contributed by atoms with Crippen molar-refractivity contribution in [3.05, 3.63) is 30.2 Å². The lowest BCUT2D eigenvalue weighted by Gasteiger charge is -2.33. The van der Waals surface area contributed by atoms with Crippen LogP contribution in [0.1, 0.15) is 44.9 Å². The highest BCUT2D eigenvalue weighted by atomic mass is 16.5. The van der Waals surface area contributed by atoms with Crippen molar-refractivity contribution in [1.29, 1.82) is 0 Å². The van der Waals surface area contributed by atoms with E-state index in [4.69, 9.17) is 9.26 Å². The molecule has 4 amide bonds. The number of nitrogens with zero attached hydrogens (tertiary/aromatic N) is 3. The number of hydrogen-bond donors (Lipinski definition) is 2. The Morgan fingerprint density at radius 2 is 2.00 bits per heavy atom. The van der Waals surface area contributed by atoms with Crippen LogP contribution in [0, 0.1) is 5.92 Å². The van der Waals surface area contributed by atoms with Gasteiger partial charge < -0.3 is 14.6 Å². The number of imide groups is 1. The predicted octanol–water partition coefficient (Wildman–Crippen LogP) is 2.21. The standard InChI is InChI=1S/C21H25N5O5/c1-13-9-11-21(12-10-13)19(28)26(20(29)23-21)24-16(27)7-8-17-22-18(25-31-17)14-3-5-15(30-2)6-4-14/h3-6,13H,7-12H2,1-2H3,(H,23,29)(H,24,27). The van der Waals surface area contributed by atoms with E-state index in [9.17, 15) is 14.4 Å². The van der Waals surface area contributed by atoms with Crippen LogP contribution in [0.5, 0.6) is 5.75 Å². The molecular weight excluding hydrogens is 402 g/mol. The molecule has 2 fully saturated rings. The van der Waals surface area contributed by atoms with Gasteiger partial charge in [-0.15, -0.1) is 0 Å². The molecule has 31 heavy (non-hydrogen) atoms. The molecule has 2 aliphatic rings. The van der Waals surface area contributed by atoms with E-state index in [0.29, 0.717) is 30.3 Å². The molecule has 1 aromatic carbocycles. The van der Waals surface area contributed by atoms with Gasteiger partial charge in [-0.2, -0.15) is 9.99 Å². The molecule has 1 spiro atoms. The first-order chi connectivity index (χ1) is 14.9. The number of aromatic nitrogens is 2. The highest BCUT2D eigenvalue weighted by Gasteiger charge is 2.52. The lowest BCUT2D eigenvalue weighted by molar-refractivity contribution is -0.140. The van der Waals surface area contributed by atoms with Crippen molar-refractivity contribution in [2.45, 2.75) is 51.0 Å². The van der Waals surface area contributed by atoms with Crippen LogP contribution < -0.4 is 15.5 Å². The smallest absolute Gasteiger partial charge is 0.344 e. The Labute approximate surface area is 179 Å². The summed E-state index contributed by atoms with van der Waals surface area (Å²) in [5.74, 6) is 1.06. The zero-order valence-electron chi connectivity index (χ0n) is 17.5. The largest absolute Gasteiger partial charge is 0.497 e. The second-order valence-corrected chi connectivity index (χ2v) is 8.11. The molecular formula is C21H25N5O5. The molecule has 164 valence electrons. The zero-order chi connectivity index (χ0) is 22.0. The van der Waals surface area contributed by atoms with Gasteiger partial charge in [0, 0.05) is 18.4 Å². The SMILES string of the molecule is COc1ccc(-c2noc(CCC(=O)NN3C(=O)NC4(CCC(C)CC4)C3=O)n2)cc1. The summed E-state index contributed by atoms with van der Waals surface area (Å²) in [4.78, 5) is 41.7. The van der Waals surface area contributed by atoms with Crippen molar-refractivity contribution in [2.75, 3.05) is 7.11 Å². The number of hydrogen-bond acceptors (Lipinski definition) is 7. The molecule has 10 nitrogen and oxygen atoms in total. The van der Waals surface area contributed by atoms with Gasteiger partial charge in [0.15, 0.2) is 0 Å². The van der Waals surface area contributed by atoms with Gasteiger partial charge in [0.2, 0.25) is 17.6 Å². The van der Waals surface area contributed by atoms with E-state index >= 15 is 0 Å². The number of amides is 4. The molecule has 1 saturated carbocycles. The van der Waals surface area contributed by atoms with Crippen LogP contribution in [0.3, 0.4) is 0 Å². The summed E-state index contributed by atoms with van der Waals surface area (Å²) >= 11 is 0. The number of hydrazine groups is 1. The van der Waals surface area contributed by atoms with E-state index in [2.05, 4.69) is 27.8 Å². The highest BCUT2D eigenvalue weighted by Crippen LogP contribution is 2.35. The Morgan fingerprint density at radius 1 is 1.29 bits per heavy atom. The van der Waals surface area contributed by atoms with Crippen LogP contribution in [0.25, 0.3) is 11.4 Å². The number of methoxy groups -OCH3 is 1. The second kappa shape index (κ2) is 8.37. The van der Waals surface area contributed by atoms with Gasteiger partial charge in [0.25, 0.3) is 5.91 Å². The van der Waals surface area contributed by atoms with Gasteiger partial charge in [0.1, 0.15) is 11.3 Å². The quantitative estimate of drug-likeness (QED) is 0.677. The van der Waals surface area contributed by atoms with Crippen molar-refractivity contribution in [3.63, 3.8) is 0 Å². The fourth-order valence-electron chi connectivity index (χ4n) is 3.93. The predicted molar refractivity (Wildman–Crippen MR) is 108 cm³/mol. The summed E-state index contributed by atoms with van der Waals surface area (Å²) in [6, 6.07) is 6.60. The van der Waals surface area contributed by atoms with Crippen LogP contribution in [-0.4, -0.2) is 45.6 Å². The normalized spacial score (nSPS) is 23.2. The molecule has 1 aliphatic carbocycles. The summed E-state index contributed by atoms with van der Waals surface area (Å²) in [5, 5.41) is 7.49. The molecule has 1 saturated heterocycles. The van der Waals surface area contributed by atoms with E-state index in [1.54, 1.807) is 31.4 Å². The van der Waals surface area contributed by atoms with E-state index in [0.717, 1.165) is 23.4 Å². The van der Waals surface area contributed by atoms with Gasteiger partial charge in [-0.25, -0.2) is 4.79 Å². The molecule has 2 N–H and O–H groups in total. The fraction of sp³-hybridized carbons (Fsp3) is 0.476. The zero-order valence-corrected chi connectivity index (χ0v) is 17.5. The van der Waals surface area contributed by atoms with E-state index in [1.165, 1.54) is 0 Å². The topological polar surface area (TPSA) is 127 Å². The average Bonchev–Trinajstić information content (AvgIpc) is 3.34. The first kappa shape index (κ1) is 20.8. The van der Waals surface area contributed by atoms with Crippen molar-refractivity contribution >= 4 is 17.8 Å². The van der Waals surface area contributed by atoms with E-state index < -0.39 is 23.4 Å². The summed E-state index contributed by atoms with van der Waals surface area (Å²) in [7, 11) is 1.58. The van der Waals surface area contributed by atoms with Gasteiger partial charge in [-0.05, 0) is 55.9 Å². The molecule has 0 radical (unpaired) electrons. The average molecular weight is 427 g/mol. The summed E-state index contributed by atoms with van der Waals surface area (Å²) < 4.78 is 10.3. The highest BCUT2D eigenvalue weighted by molar-refractivity contribution is 6.08. The Balaban J connectivity index is 1.32. The third-order valence-corrected chi connectivity index (χ3v) is 5.91. The van der Waals surface area contributed by atoms with Crippen LogP contribution in [-0.2, 0) is 16.0 Å². The molecule has 2 heterocycles. The van der Waals surface area contributed by atoms with Crippen LogP contribution in [0.4, 0.5) is 4.79 Å². The van der Waals surface area contributed by atoms with Crippen molar-refractivity contribution < 1.29 is 23.6 Å². The summed E-state index contributed by atoms with van der Waals surface area (Å²) in [6.45, 7) is 2.13. The molecule has 1 aliphatic heterocycles. The minimum Gasteiger partial charge on any atom is -0.497 e. The number of benzene rings is 1. The van der Waals surface area contributed by atoms with Crippen molar-refractivity contribution in [2.24, 2.45) is 5.92 Å². The molecule has 1 aromatic heterocycles. The third-order valence-electron chi connectivity index (χ3n) is 5.91. The van der Waals surface area contributed by atoms with Gasteiger partial charge in [0.05, 0.1) is 7.11 Å². The minimum atomic E-state index is -0.892. The maximum Gasteiger partial charge on any atom is 0.344 e. The molecule has 0 unspecified atom stereocenters. The Bertz CT molecular complexity index is 978. The molecule has 0 bridgehead atoms. The number of carbonyl (C=O) groups excluding carboxylic acids is 3. The molecule has 0 atom stereocenters. The van der Waals surface area contributed by atoms with E-state index in [1.807, 2.05) is 0 Å². The Kier molecular flexibility index (Phi) is 5.62. The number of ether oxygens (including phenoxy) is 1. The monoisotopic (exact) mass is 427 g/mol. The lowest BCUT2D eigenvalue weighted by atomic mass is 9.77. The Hall–Kier alpha value is -3.43. The fourth-order valence-corrected chi connectivity index (χ4v) is 3.93. The maximum absolute atomic E-state index is 12.8. The third kappa shape index (κ3) is 4.23. The number of aryl methyl sites for hydroxylation is 1. The maximum atomic E-state index is 12.8. The van der Waals surface area contributed by atoms with Gasteiger partial charge >= 0.3 is 6.03 Å². The lowest BCUT2D eigenvalue weighted by Crippen LogP contribution is -2.51. The number of carbonyl (C=O) groups is 3. The summed E-state index contributed by atoms with van der Waals surface area (Å²) in [6.07, 6.45) is 3.07. The molecule has 2 aromatic rings. The van der Waals surface area contributed by atoms with Crippen LogP contribution >= 0.6 is 0 Å². The minimum absolute atomic E-state index is 0.00859. The first-order valence-electron chi connectivity index (χ1n) is 10.3. The first-order valence-corrected chi connectivity index (χ1v) is 10.3. The Morgan fingerprint density at radius 3 is 2.68 bits per heavy atom. The second-order valence-electron chi connectivity index (χ2n) is 8.11. The number of rotatable bonds is 6. The number of nitrogens with one attached hydrogen (secondary N) is 2.